The van der Waals surface area contributed by atoms with Crippen LogP contribution in [0.3, 0.4) is 0 Å². The molecule has 0 saturated heterocycles. The lowest BCUT2D eigenvalue weighted by atomic mass is 10.2. The molecule has 0 aliphatic heterocycles. The Balaban J connectivity index is 1.65. The van der Waals surface area contributed by atoms with Gasteiger partial charge in [0, 0.05) is 30.3 Å². The van der Waals surface area contributed by atoms with Crippen LogP contribution in [0.1, 0.15) is 11.1 Å². The number of anilines is 1. The highest BCUT2D eigenvalue weighted by Gasteiger charge is 2.31. The van der Waals surface area contributed by atoms with E-state index in [1.54, 1.807) is 37.4 Å². The van der Waals surface area contributed by atoms with Gasteiger partial charge in [-0.2, -0.15) is 4.31 Å². The number of nitrogens with one attached hydrogen (secondary N) is 1. The average Bonchev–Trinajstić information content (AvgIpc) is 2.78. The Labute approximate surface area is 204 Å². The Bertz CT molecular complexity index is 1220. The molecule has 0 bridgehead atoms. The molecule has 0 heterocycles. The monoisotopic (exact) mass is 558 g/mol. The molecule has 0 aliphatic carbocycles. The van der Waals surface area contributed by atoms with Crippen LogP contribution in [0.25, 0.3) is 0 Å². The van der Waals surface area contributed by atoms with Gasteiger partial charge in [0.25, 0.3) is 0 Å². The van der Waals surface area contributed by atoms with E-state index < -0.39 is 16.4 Å². The smallest absolute Gasteiger partial charge is 0.497 e. The normalized spacial score (nSPS) is 12.0. The van der Waals surface area contributed by atoms with Crippen molar-refractivity contribution >= 4 is 31.6 Å². The van der Waals surface area contributed by atoms with Crippen LogP contribution in [-0.4, -0.2) is 33.2 Å². The minimum Gasteiger partial charge on any atom is -0.497 e. The number of hydrogen-bond donors (Lipinski definition) is 1. The number of ether oxygens (including phenoxy) is 2. The number of nitrogens with zero attached hydrogens (tertiary/aromatic N) is 1. The van der Waals surface area contributed by atoms with E-state index in [4.69, 9.17) is 4.74 Å². The summed E-state index contributed by atoms with van der Waals surface area (Å²) in [7, 11) is -0.674. The summed E-state index contributed by atoms with van der Waals surface area (Å²) < 4.78 is 73.6. The van der Waals surface area contributed by atoms with Crippen molar-refractivity contribution < 1.29 is 31.1 Å². The first-order valence-electron chi connectivity index (χ1n) is 9.95. The second-order valence-corrected chi connectivity index (χ2v) is 10.2. The van der Waals surface area contributed by atoms with E-state index in [2.05, 4.69) is 26.0 Å². The quantitative estimate of drug-likeness (QED) is 0.360. The van der Waals surface area contributed by atoms with Gasteiger partial charge in [0.1, 0.15) is 11.5 Å². The lowest BCUT2D eigenvalue weighted by Crippen LogP contribution is -2.26. The molecular formula is C23H22BrF3N2O4S. The predicted molar refractivity (Wildman–Crippen MR) is 126 cm³/mol. The molecule has 6 nitrogen and oxygen atoms in total. The van der Waals surface area contributed by atoms with Crippen molar-refractivity contribution in [2.24, 2.45) is 0 Å². The number of methoxy groups -OCH3 is 1. The van der Waals surface area contributed by atoms with Crippen molar-refractivity contribution in [1.29, 1.82) is 0 Å². The van der Waals surface area contributed by atoms with E-state index in [0.717, 1.165) is 11.1 Å². The third-order valence-electron chi connectivity index (χ3n) is 4.85. The van der Waals surface area contributed by atoms with Crippen molar-refractivity contribution in [1.82, 2.24) is 4.31 Å². The zero-order chi connectivity index (χ0) is 24.9. The molecular weight excluding hydrogens is 537 g/mol. The summed E-state index contributed by atoms with van der Waals surface area (Å²) in [5, 5.41) is 3.13. The predicted octanol–water partition coefficient (Wildman–Crippen LogP) is 5.79. The maximum atomic E-state index is 13.0. The molecule has 3 rings (SSSR count). The molecule has 0 aliphatic rings. The molecule has 0 unspecified atom stereocenters. The van der Waals surface area contributed by atoms with E-state index in [9.17, 15) is 21.6 Å². The van der Waals surface area contributed by atoms with Crippen molar-refractivity contribution in [3.8, 4) is 11.5 Å². The minimum absolute atomic E-state index is 0.120. The van der Waals surface area contributed by atoms with Crippen molar-refractivity contribution in [3.63, 3.8) is 0 Å². The summed E-state index contributed by atoms with van der Waals surface area (Å²) >= 11 is 3.39. The average molecular weight is 559 g/mol. The Morgan fingerprint density at radius 2 is 1.53 bits per heavy atom. The third kappa shape index (κ3) is 6.87. The van der Waals surface area contributed by atoms with Crippen LogP contribution in [0.4, 0.5) is 18.9 Å². The van der Waals surface area contributed by atoms with Crippen molar-refractivity contribution in [3.05, 3.63) is 82.3 Å². The maximum absolute atomic E-state index is 13.0. The van der Waals surface area contributed by atoms with Gasteiger partial charge in [0.05, 0.1) is 12.0 Å². The Morgan fingerprint density at radius 3 is 2.09 bits per heavy atom. The number of alkyl halides is 3. The summed E-state index contributed by atoms with van der Waals surface area (Å²) in [6.45, 7) is 0.506. The van der Waals surface area contributed by atoms with Gasteiger partial charge in [-0.1, -0.05) is 24.3 Å². The Hall–Kier alpha value is -2.76. The van der Waals surface area contributed by atoms with Crippen LogP contribution in [0, 0.1) is 0 Å². The molecule has 0 amide bonds. The van der Waals surface area contributed by atoms with Crippen molar-refractivity contribution in [2.75, 3.05) is 19.5 Å². The third-order valence-corrected chi connectivity index (χ3v) is 7.31. The van der Waals surface area contributed by atoms with E-state index in [1.807, 2.05) is 0 Å². The highest BCUT2D eigenvalue weighted by atomic mass is 79.9. The minimum atomic E-state index is -4.74. The lowest BCUT2D eigenvalue weighted by Gasteiger charge is -2.18. The number of rotatable bonds is 9. The van der Waals surface area contributed by atoms with Gasteiger partial charge in [0.2, 0.25) is 10.0 Å². The highest BCUT2D eigenvalue weighted by molar-refractivity contribution is 9.10. The summed E-state index contributed by atoms with van der Waals surface area (Å²) in [5.74, 6) is 0.387. The maximum Gasteiger partial charge on any atom is 0.573 e. The molecule has 0 atom stereocenters. The zero-order valence-corrected chi connectivity index (χ0v) is 20.7. The first kappa shape index (κ1) is 25.9. The topological polar surface area (TPSA) is 67.9 Å². The van der Waals surface area contributed by atoms with Gasteiger partial charge in [-0.05, 0) is 69.5 Å². The first-order valence-corrected chi connectivity index (χ1v) is 12.2. The molecule has 0 saturated carbocycles. The van der Waals surface area contributed by atoms with Crippen LogP contribution >= 0.6 is 15.9 Å². The van der Waals surface area contributed by atoms with Crippen molar-refractivity contribution in [2.45, 2.75) is 24.3 Å². The standard InChI is InChI=1S/C23H22BrF3N2O4S/c1-29(15-17-5-7-18(32-2)8-6-17)34(30,31)20-11-12-22(21(24)13-20)28-14-16-3-9-19(10-4-16)33-23(25,26)27/h3-13,28H,14-15H2,1-2H3. The van der Waals surface area contributed by atoms with Crippen LogP contribution in [0.5, 0.6) is 11.5 Å². The Kier molecular flexibility index (Phi) is 8.11. The first-order chi connectivity index (χ1) is 16.0. The lowest BCUT2D eigenvalue weighted by molar-refractivity contribution is -0.274. The van der Waals surface area contributed by atoms with E-state index in [1.165, 1.54) is 47.8 Å². The second kappa shape index (κ2) is 10.7. The van der Waals surface area contributed by atoms with Crippen LogP contribution < -0.4 is 14.8 Å². The summed E-state index contributed by atoms with van der Waals surface area (Å²) in [4.78, 5) is 0.120. The Morgan fingerprint density at radius 1 is 0.941 bits per heavy atom. The van der Waals surface area contributed by atoms with Crippen LogP contribution in [0.2, 0.25) is 0 Å². The fourth-order valence-electron chi connectivity index (χ4n) is 3.06. The van der Waals surface area contributed by atoms with E-state index in [0.29, 0.717) is 22.5 Å². The largest absolute Gasteiger partial charge is 0.573 e. The molecule has 0 radical (unpaired) electrons. The van der Waals surface area contributed by atoms with Gasteiger partial charge in [-0.25, -0.2) is 8.42 Å². The van der Waals surface area contributed by atoms with E-state index >= 15 is 0 Å². The number of sulfonamides is 1. The summed E-state index contributed by atoms with van der Waals surface area (Å²) in [6, 6.07) is 17.2. The van der Waals surface area contributed by atoms with Gasteiger partial charge in [-0.3, -0.25) is 0 Å². The molecule has 3 aromatic carbocycles. The number of benzene rings is 3. The zero-order valence-electron chi connectivity index (χ0n) is 18.3. The molecule has 0 aromatic heterocycles. The fourth-order valence-corrected chi connectivity index (χ4v) is 4.92. The summed E-state index contributed by atoms with van der Waals surface area (Å²) in [5.41, 5.74) is 2.17. The fraction of sp³-hybridized carbons (Fsp3) is 0.217. The van der Waals surface area contributed by atoms with Gasteiger partial charge >= 0.3 is 6.36 Å². The van der Waals surface area contributed by atoms with Gasteiger partial charge in [-0.15, -0.1) is 13.2 Å². The molecule has 11 heteroatoms. The highest BCUT2D eigenvalue weighted by Crippen LogP contribution is 2.29. The molecule has 34 heavy (non-hydrogen) atoms. The van der Waals surface area contributed by atoms with Crippen LogP contribution in [0.15, 0.2) is 76.1 Å². The summed E-state index contributed by atoms with van der Waals surface area (Å²) in [6.07, 6.45) is -4.74. The number of hydrogen-bond acceptors (Lipinski definition) is 5. The van der Waals surface area contributed by atoms with Gasteiger partial charge < -0.3 is 14.8 Å². The molecule has 0 spiro atoms. The molecule has 1 N–H and O–H groups in total. The second-order valence-electron chi connectivity index (χ2n) is 7.30. The molecule has 0 fully saturated rings. The van der Waals surface area contributed by atoms with Gasteiger partial charge in [0.15, 0.2) is 0 Å². The molecule has 3 aromatic rings. The van der Waals surface area contributed by atoms with Crippen LogP contribution in [-0.2, 0) is 23.1 Å². The molecule has 182 valence electrons. The van der Waals surface area contributed by atoms with E-state index in [-0.39, 0.29) is 17.2 Å². The number of halogens is 4. The SMILES string of the molecule is COc1ccc(CN(C)S(=O)(=O)c2ccc(NCc3ccc(OC(F)(F)F)cc3)c(Br)c2)cc1.